The van der Waals surface area contributed by atoms with Crippen LogP contribution in [0.3, 0.4) is 0 Å². The Morgan fingerprint density at radius 1 is 0.972 bits per heavy atom. The standard InChI is InChI=1S/C28H27FIN3O2.ClH/c1-19-3-2-4-25-26(19)33(24-11-9-23(30)10-12-24)28(35)32(25)18-17-31-15-13-21(14-16-31)27(34)20-5-7-22(29)8-6-20;/h2-12,21H,13-18H2,1H3;1H. The van der Waals surface area contributed by atoms with Crippen molar-refractivity contribution in [3.05, 3.63) is 97.7 Å². The molecule has 36 heavy (non-hydrogen) atoms. The number of likely N-dealkylation sites (tertiary alicyclic amines) is 1. The van der Waals surface area contributed by atoms with Crippen molar-refractivity contribution in [2.24, 2.45) is 5.92 Å². The van der Waals surface area contributed by atoms with Crippen molar-refractivity contribution in [1.29, 1.82) is 0 Å². The number of carbonyl (C=O) groups excluding carboxylic acids is 1. The van der Waals surface area contributed by atoms with Crippen LogP contribution in [0.2, 0.25) is 0 Å². The first kappa shape index (κ1) is 26.6. The number of imidazole rings is 1. The van der Waals surface area contributed by atoms with Gasteiger partial charge in [-0.2, -0.15) is 0 Å². The van der Waals surface area contributed by atoms with Crippen LogP contribution in [-0.4, -0.2) is 39.5 Å². The van der Waals surface area contributed by atoms with E-state index in [9.17, 15) is 14.0 Å². The van der Waals surface area contributed by atoms with E-state index in [-0.39, 0.29) is 35.6 Å². The monoisotopic (exact) mass is 619 g/mol. The predicted molar refractivity (Wildman–Crippen MR) is 152 cm³/mol. The fourth-order valence-corrected chi connectivity index (χ4v) is 5.39. The molecule has 1 aliphatic heterocycles. The van der Waals surface area contributed by atoms with E-state index < -0.39 is 0 Å². The number of hydrogen-bond donors (Lipinski definition) is 0. The van der Waals surface area contributed by atoms with Gasteiger partial charge in [0.15, 0.2) is 5.78 Å². The number of para-hydroxylation sites is 1. The maximum absolute atomic E-state index is 13.6. The highest BCUT2D eigenvalue weighted by molar-refractivity contribution is 14.1. The Morgan fingerprint density at radius 2 is 1.64 bits per heavy atom. The third-order valence-electron chi connectivity index (χ3n) is 6.96. The van der Waals surface area contributed by atoms with Gasteiger partial charge < -0.3 is 4.90 Å². The van der Waals surface area contributed by atoms with E-state index in [0.717, 1.165) is 58.3 Å². The average Bonchev–Trinajstić information content (AvgIpc) is 3.16. The van der Waals surface area contributed by atoms with Crippen molar-refractivity contribution < 1.29 is 9.18 Å². The largest absolute Gasteiger partial charge is 0.333 e. The molecule has 0 radical (unpaired) electrons. The van der Waals surface area contributed by atoms with E-state index in [1.807, 2.05) is 58.5 Å². The molecule has 3 aromatic carbocycles. The van der Waals surface area contributed by atoms with Crippen LogP contribution in [0.5, 0.6) is 0 Å². The normalized spacial score (nSPS) is 14.6. The summed E-state index contributed by atoms with van der Waals surface area (Å²) >= 11 is 2.27. The molecule has 0 amide bonds. The summed E-state index contributed by atoms with van der Waals surface area (Å²) in [5.41, 5.74) is 4.37. The second-order valence-electron chi connectivity index (χ2n) is 9.18. The Labute approximate surface area is 229 Å². The molecule has 0 spiro atoms. The highest BCUT2D eigenvalue weighted by Crippen LogP contribution is 2.24. The van der Waals surface area contributed by atoms with Crippen molar-refractivity contribution in [3.63, 3.8) is 0 Å². The SMILES string of the molecule is Cc1cccc2c1n(-c1ccc(I)cc1)c(=O)n2CCN1CCC(C(=O)c2ccc(F)cc2)CC1.Cl. The number of piperidine rings is 1. The molecular formula is C28H28ClFIN3O2. The minimum Gasteiger partial charge on any atom is -0.302 e. The van der Waals surface area contributed by atoms with Crippen LogP contribution in [0.4, 0.5) is 4.39 Å². The Bertz CT molecular complexity index is 1420. The molecule has 1 aromatic heterocycles. The predicted octanol–water partition coefficient (Wildman–Crippen LogP) is 5.86. The van der Waals surface area contributed by atoms with Gasteiger partial charge in [-0.1, -0.05) is 12.1 Å². The topological polar surface area (TPSA) is 47.2 Å². The first-order chi connectivity index (χ1) is 16.9. The van der Waals surface area contributed by atoms with Crippen LogP contribution >= 0.6 is 35.0 Å². The lowest BCUT2D eigenvalue weighted by Gasteiger charge is -2.31. The van der Waals surface area contributed by atoms with Crippen molar-refractivity contribution in [1.82, 2.24) is 14.0 Å². The zero-order valence-electron chi connectivity index (χ0n) is 20.0. The average molecular weight is 620 g/mol. The molecule has 1 fully saturated rings. The van der Waals surface area contributed by atoms with Crippen molar-refractivity contribution in [2.75, 3.05) is 19.6 Å². The molecule has 0 bridgehead atoms. The summed E-state index contributed by atoms with van der Waals surface area (Å²) in [6, 6.07) is 19.9. The van der Waals surface area contributed by atoms with Gasteiger partial charge in [0, 0.05) is 28.1 Å². The van der Waals surface area contributed by atoms with E-state index in [0.29, 0.717) is 12.1 Å². The van der Waals surface area contributed by atoms with E-state index >= 15 is 0 Å². The second kappa shape index (κ2) is 11.3. The van der Waals surface area contributed by atoms with Gasteiger partial charge in [-0.05, 0) is 116 Å². The Kier molecular flexibility index (Phi) is 8.32. The van der Waals surface area contributed by atoms with E-state index in [2.05, 4.69) is 27.5 Å². The number of aryl methyl sites for hydroxylation is 1. The van der Waals surface area contributed by atoms with E-state index in [1.165, 1.54) is 12.1 Å². The third-order valence-corrected chi connectivity index (χ3v) is 7.68. The lowest BCUT2D eigenvalue weighted by molar-refractivity contribution is 0.0837. The second-order valence-corrected chi connectivity index (χ2v) is 10.4. The van der Waals surface area contributed by atoms with Gasteiger partial charge >= 0.3 is 5.69 Å². The first-order valence-electron chi connectivity index (χ1n) is 11.9. The van der Waals surface area contributed by atoms with Crippen LogP contribution in [0.1, 0.15) is 28.8 Å². The molecular weight excluding hydrogens is 592 g/mol. The van der Waals surface area contributed by atoms with E-state index in [4.69, 9.17) is 0 Å². The fraction of sp³-hybridized carbons (Fsp3) is 0.286. The first-order valence-corrected chi connectivity index (χ1v) is 13.0. The van der Waals surface area contributed by atoms with Crippen molar-refractivity contribution in [2.45, 2.75) is 26.3 Å². The minimum atomic E-state index is -0.329. The summed E-state index contributed by atoms with van der Waals surface area (Å²) in [5, 5.41) is 0. The number of ketones is 1. The van der Waals surface area contributed by atoms with Crippen molar-refractivity contribution >= 4 is 51.8 Å². The van der Waals surface area contributed by atoms with Crippen LogP contribution < -0.4 is 5.69 Å². The molecule has 0 atom stereocenters. The summed E-state index contributed by atoms with van der Waals surface area (Å²) in [7, 11) is 0. The number of carbonyl (C=O) groups is 1. The van der Waals surface area contributed by atoms with Gasteiger partial charge in [-0.15, -0.1) is 12.4 Å². The van der Waals surface area contributed by atoms with Gasteiger partial charge in [-0.3, -0.25) is 13.9 Å². The zero-order chi connectivity index (χ0) is 24.5. The molecule has 5 nitrogen and oxygen atoms in total. The van der Waals surface area contributed by atoms with Gasteiger partial charge in [-0.25, -0.2) is 9.18 Å². The molecule has 0 N–H and O–H groups in total. The Balaban J connectivity index is 0.00000304. The van der Waals surface area contributed by atoms with Gasteiger partial charge in [0.25, 0.3) is 0 Å². The number of hydrogen-bond acceptors (Lipinski definition) is 3. The van der Waals surface area contributed by atoms with Gasteiger partial charge in [0.1, 0.15) is 5.82 Å². The summed E-state index contributed by atoms with van der Waals surface area (Å²) in [6.07, 6.45) is 1.54. The maximum Gasteiger partial charge on any atom is 0.333 e. The molecule has 0 aliphatic carbocycles. The number of benzene rings is 3. The quantitative estimate of drug-likeness (QED) is 0.201. The maximum atomic E-state index is 13.6. The Hall–Kier alpha value is -2.49. The fourth-order valence-electron chi connectivity index (χ4n) is 5.03. The summed E-state index contributed by atoms with van der Waals surface area (Å²) in [5.74, 6) is -0.271. The number of nitrogens with zero attached hydrogens (tertiary/aromatic N) is 3. The van der Waals surface area contributed by atoms with Gasteiger partial charge in [0.05, 0.1) is 16.7 Å². The molecule has 0 saturated carbocycles. The smallest absolute Gasteiger partial charge is 0.302 e. The zero-order valence-corrected chi connectivity index (χ0v) is 23.0. The van der Waals surface area contributed by atoms with Crippen LogP contribution in [0, 0.1) is 22.2 Å². The summed E-state index contributed by atoms with van der Waals surface area (Å²) in [6.45, 7) is 4.99. The van der Waals surface area contributed by atoms with E-state index in [1.54, 1.807) is 12.1 Å². The van der Waals surface area contributed by atoms with Gasteiger partial charge in [0.2, 0.25) is 0 Å². The number of Topliss-reactive ketones (excluding diaryl/α,β-unsaturated/α-hetero) is 1. The van der Waals surface area contributed by atoms with Crippen LogP contribution in [0.15, 0.2) is 71.5 Å². The molecule has 8 heteroatoms. The highest BCUT2D eigenvalue weighted by atomic mass is 127. The molecule has 1 aliphatic rings. The number of fused-ring (bicyclic) bond motifs is 1. The molecule has 5 rings (SSSR count). The molecule has 188 valence electrons. The Morgan fingerprint density at radius 3 is 2.31 bits per heavy atom. The highest BCUT2D eigenvalue weighted by Gasteiger charge is 2.26. The lowest BCUT2D eigenvalue weighted by Crippen LogP contribution is -2.39. The van der Waals surface area contributed by atoms with Crippen LogP contribution in [-0.2, 0) is 6.54 Å². The summed E-state index contributed by atoms with van der Waals surface area (Å²) in [4.78, 5) is 28.7. The third kappa shape index (κ3) is 5.28. The lowest BCUT2D eigenvalue weighted by atomic mass is 9.89. The molecule has 0 unspecified atom stereocenters. The molecule has 1 saturated heterocycles. The minimum absolute atomic E-state index is 0. The number of halogens is 3. The molecule has 2 heterocycles. The number of rotatable bonds is 6. The number of aromatic nitrogens is 2. The molecule has 4 aromatic rings. The van der Waals surface area contributed by atoms with Crippen molar-refractivity contribution in [3.8, 4) is 5.69 Å². The van der Waals surface area contributed by atoms with Crippen LogP contribution in [0.25, 0.3) is 16.7 Å². The summed E-state index contributed by atoms with van der Waals surface area (Å²) < 4.78 is 18.0.